The molecule has 1 aromatic heterocycles. The van der Waals surface area contributed by atoms with Crippen molar-refractivity contribution < 1.29 is 14.2 Å². The molecule has 0 radical (unpaired) electrons. The standard InChI is InChI=1S/C15H20N2O3S/c1-4-16-8-14-17-11(10-21-14)9-20-15-12(18-2)6-5-7-13(15)19-3/h5-7,10,16H,4,8-9H2,1-3H3. The van der Waals surface area contributed by atoms with E-state index in [9.17, 15) is 0 Å². The lowest BCUT2D eigenvalue weighted by Gasteiger charge is -2.13. The van der Waals surface area contributed by atoms with E-state index in [2.05, 4.69) is 17.2 Å². The fraction of sp³-hybridized carbons (Fsp3) is 0.400. The summed E-state index contributed by atoms with van der Waals surface area (Å²) in [5, 5.41) is 6.32. The average Bonchev–Trinajstić information content (AvgIpc) is 2.98. The van der Waals surface area contributed by atoms with Gasteiger partial charge in [0.2, 0.25) is 5.75 Å². The second kappa shape index (κ2) is 7.85. The summed E-state index contributed by atoms with van der Waals surface area (Å²) in [6.07, 6.45) is 0. The van der Waals surface area contributed by atoms with Crippen LogP contribution in [-0.2, 0) is 13.2 Å². The highest BCUT2D eigenvalue weighted by molar-refractivity contribution is 7.09. The summed E-state index contributed by atoms with van der Waals surface area (Å²) in [6.45, 7) is 4.19. The molecule has 0 fully saturated rings. The largest absolute Gasteiger partial charge is 0.493 e. The van der Waals surface area contributed by atoms with Crippen LogP contribution in [0.2, 0.25) is 0 Å². The van der Waals surface area contributed by atoms with Crippen molar-refractivity contribution in [3.8, 4) is 17.2 Å². The van der Waals surface area contributed by atoms with Crippen LogP contribution in [0.3, 0.4) is 0 Å². The summed E-state index contributed by atoms with van der Waals surface area (Å²) in [5.74, 6) is 1.90. The number of rotatable bonds is 8. The monoisotopic (exact) mass is 308 g/mol. The summed E-state index contributed by atoms with van der Waals surface area (Å²) in [6, 6.07) is 5.55. The number of hydrogen-bond donors (Lipinski definition) is 1. The predicted octanol–water partition coefficient (Wildman–Crippen LogP) is 2.85. The third-order valence-electron chi connectivity index (χ3n) is 2.87. The molecule has 0 bridgehead atoms. The summed E-state index contributed by atoms with van der Waals surface area (Å²) >= 11 is 1.63. The number of hydrogen-bond acceptors (Lipinski definition) is 6. The maximum Gasteiger partial charge on any atom is 0.203 e. The fourth-order valence-electron chi connectivity index (χ4n) is 1.83. The summed E-state index contributed by atoms with van der Waals surface area (Å²) in [4.78, 5) is 4.52. The van der Waals surface area contributed by atoms with Crippen LogP contribution in [0.4, 0.5) is 0 Å². The number of para-hydroxylation sites is 1. The Morgan fingerprint density at radius 2 is 1.90 bits per heavy atom. The Bertz CT molecular complexity index is 550. The molecule has 2 rings (SSSR count). The second-order valence-electron chi connectivity index (χ2n) is 4.29. The van der Waals surface area contributed by atoms with Gasteiger partial charge in [-0.15, -0.1) is 11.3 Å². The minimum absolute atomic E-state index is 0.388. The Morgan fingerprint density at radius 3 is 2.52 bits per heavy atom. The first kappa shape index (κ1) is 15.6. The molecule has 0 atom stereocenters. The zero-order valence-electron chi connectivity index (χ0n) is 12.5. The molecule has 0 unspecified atom stereocenters. The maximum absolute atomic E-state index is 5.83. The molecular weight excluding hydrogens is 288 g/mol. The van der Waals surface area contributed by atoms with Crippen LogP contribution in [0.25, 0.3) is 0 Å². The zero-order chi connectivity index (χ0) is 15.1. The minimum atomic E-state index is 0.388. The topological polar surface area (TPSA) is 52.6 Å². The minimum Gasteiger partial charge on any atom is -0.493 e. The van der Waals surface area contributed by atoms with Gasteiger partial charge in [-0.3, -0.25) is 0 Å². The lowest BCUT2D eigenvalue weighted by molar-refractivity contribution is 0.263. The SMILES string of the molecule is CCNCc1nc(COc2c(OC)cccc2OC)cs1. The first-order chi connectivity index (χ1) is 10.3. The van der Waals surface area contributed by atoms with E-state index in [1.165, 1.54) is 0 Å². The lowest BCUT2D eigenvalue weighted by atomic mass is 10.3. The Morgan fingerprint density at radius 1 is 1.19 bits per heavy atom. The first-order valence-electron chi connectivity index (χ1n) is 6.76. The quantitative estimate of drug-likeness (QED) is 0.812. The number of methoxy groups -OCH3 is 2. The van der Waals surface area contributed by atoms with Crippen molar-refractivity contribution in [1.29, 1.82) is 0 Å². The Kier molecular flexibility index (Phi) is 5.83. The van der Waals surface area contributed by atoms with E-state index in [4.69, 9.17) is 14.2 Å². The van der Waals surface area contributed by atoms with Gasteiger partial charge in [-0.1, -0.05) is 13.0 Å². The number of nitrogens with one attached hydrogen (secondary N) is 1. The molecule has 5 nitrogen and oxygen atoms in total. The summed E-state index contributed by atoms with van der Waals surface area (Å²) in [7, 11) is 3.22. The maximum atomic E-state index is 5.83. The summed E-state index contributed by atoms with van der Waals surface area (Å²) in [5.41, 5.74) is 0.904. The molecule has 2 aromatic rings. The number of thiazole rings is 1. The molecule has 6 heteroatoms. The highest BCUT2D eigenvalue weighted by Crippen LogP contribution is 2.37. The molecule has 114 valence electrons. The molecular formula is C15H20N2O3S. The van der Waals surface area contributed by atoms with Gasteiger partial charge in [0.05, 0.1) is 19.9 Å². The number of aromatic nitrogens is 1. The molecule has 21 heavy (non-hydrogen) atoms. The van der Waals surface area contributed by atoms with E-state index in [0.717, 1.165) is 23.8 Å². The van der Waals surface area contributed by atoms with Gasteiger partial charge in [-0.25, -0.2) is 4.98 Å². The molecule has 1 heterocycles. The van der Waals surface area contributed by atoms with Crippen LogP contribution in [0.1, 0.15) is 17.6 Å². The van der Waals surface area contributed by atoms with E-state index in [0.29, 0.717) is 23.9 Å². The Balaban J connectivity index is 2.04. The van der Waals surface area contributed by atoms with Crippen molar-refractivity contribution in [2.45, 2.75) is 20.1 Å². The molecule has 0 saturated carbocycles. The van der Waals surface area contributed by atoms with Crippen molar-refractivity contribution in [3.63, 3.8) is 0 Å². The predicted molar refractivity (Wildman–Crippen MR) is 83.4 cm³/mol. The number of ether oxygens (including phenoxy) is 3. The lowest BCUT2D eigenvalue weighted by Crippen LogP contribution is -2.11. The third-order valence-corrected chi connectivity index (χ3v) is 3.77. The Hall–Kier alpha value is -1.79. The van der Waals surface area contributed by atoms with Crippen molar-refractivity contribution in [2.24, 2.45) is 0 Å². The fourth-order valence-corrected chi connectivity index (χ4v) is 2.58. The number of nitrogens with zero attached hydrogens (tertiary/aromatic N) is 1. The molecule has 0 aliphatic carbocycles. The van der Waals surface area contributed by atoms with Crippen LogP contribution in [0.15, 0.2) is 23.6 Å². The first-order valence-corrected chi connectivity index (χ1v) is 7.64. The van der Waals surface area contributed by atoms with E-state index < -0.39 is 0 Å². The van der Waals surface area contributed by atoms with E-state index in [1.54, 1.807) is 25.6 Å². The van der Waals surface area contributed by atoms with Gasteiger partial charge in [-0.05, 0) is 18.7 Å². The second-order valence-corrected chi connectivity index (χ2v) is 5.24. The molecule has 0 spiro atoms. The van der Waals surface area contributed by atoms with Crippen LogP contribution >= 0.6 is 11.3 Å². The normalized spacial score (nSPS) is 10.4. The highest BCUT2D eigenvalue weighted by atomic mass is 32.1. The van der Waals surface area contributed by atoms with Crippen LogP contribution in [0.5, 0.6) is 17.2 Å². The van der Waals surface area contributed by atoms with Crippen molar-refractivity contribution in [1.82, 2.24) is 10.3 Å². The molecule has 0 saturated heterocycles. The van der Waals surface area contributed by atoms with Gasteiger partial charge in [0.25, 0.3) is 0 Å². The average molecular weight is 308 g/mol. The van der Waals surface area contributed by atoms with E-state index in [1.807, 2.05) is 23.6 Å². The van der Waals surface area contributed by atoms with E-state index in [-0.39, 0.29) is 0 Å². The summed E-state index contributed by atoms with van der Waals surface area (Å²) < 4.78 is 16.4. The van der Waals surface area contributed by atoms with Gasteiger partial charge >= 0.3 is 0 Å². The highest BCUT2D eigenvalue weighted by Gasteiger charge is 2.12. The van der Waals surface area contributed by atoms with Crippen molar-refractivity contribution in [2.75, 3.05) is 20.8 Å². The number of benzene rings is 1. The molecule has 0 amide bonds. The van der Waals surface area contributed by atoms with Gasteiger partial charge in [0.1, 0.15) is 11.6 Å². The van der Waals surface area contributed by atoms with Crippen molar-refractivity contribution in [3.05, 3.63) is 34.3 Å². The van der Waals surface area contributed by atoms with Gasteiger partial charge in [-0.2, -0.15) is 0 Å². The van der Waals surface area contributed by atoms with Gasteiger partial charge in [0, 0.05) is 11.9 Å². The molecule has 0 aliphatic rings. The zero-order valence-corrected chi connectivity index (χ0v) is 13.3. The van der Waals surface area contributed by atoms with Crippen LogP contribution in [0, 0.1) is 0 Å². The Labute approximate surface area is 128 Å². The molecule has 1 aromatic carbocycles. The van der Waals surface area contributed by atoms with E-state index >= 15 is 0 Å². The smallest absolute Gasteiger partial charge is 0.203 e. The third kappa shape index (κ3) is 4.09. The van der Waals surface area contributed by atoms with Gasteiger partial charge in [0.15, 0.2) is 11.5 Å². The van der Waals surface area contributed by atoms with Gasteiger partial charge < -0.3 is 19.5 Å². The van der Waals surface area contributed by atoms with Crippen molar-refractivity contribution >= 4 is 11.3 Å². The van der Waals surface area contributed by atoms with Crippen LogP contribution < -0.4 is 19.5 Å². The molecule has 0 aliphatic heterocycles. The molecule has 1 N–H and O–H groups in total. The van der Waals surface area contributed by atoms with Crippen LogP contribution in [-0.4, -0.2) is 25.7 Å².